The third kappa shape index (κ3) is 3.06. The number of nitrogens with zero attached hydrogens (tertiary/aromatic N) is 1. The molecule has 1 aliphatic rings. The van der Waals surface area contributed by atoms with Gasteiger partial charge in [-0.05, 0) is 27.7 Å². The van der Waals surface area contributed by atoms with Crippen molar-refractivity contribution < 1.29 is 9.53 Å². The average Bonchev–Trinajstić information content (AvgIpc) is 1.97. The van der Waals surface area contributed by atoms with Gasteiger partial charge in [-0.25, -0.2) is 3.11 Å². The maximum Gasteiger partial charge on any atom is 0.302 e. The second-order valence-electron chi connectivity index (χ2n) is 5.55. The number of hydrogen-bond acceptors (Lipinski definition) is 3. The summed E-state index contributed by atoms with van der Waals surface area (Å²) in [6, 6.07) is 0. The van der Waals surface area contributed by atoms with E-state index in [4.69, 9.17) is 4.74 Å². The largest absolute Gasteiger partial charge is 0.462 e. The molecule has 1 aliphatic heterocycles. The predicted molar refractivity (Wildman–Crippen MR) is 68.8 cm³/mol. The fraction of sp³-hybridized carbons (Fsp3) is 0.909. The van der Waals surface area contributed by atoms with Crippen molar-refractivity contribution in [1.82, 2.24) is 3.11 Å². The van der Waals surface area contributed by atoms with Crippen LogP contribution in [-0.2, 0) is 9.53 Å². The molecule has 4 heteroatoms. The molecule has 0 radical (unpaired) electrons. The highest BCUT2D eigenvalue weighted by Gasteiger charge is 2.45. The quantitative estimate of drug-likeness (QED) is 0.422. The van der Waals surface area contributed by atoms with Crippen LogP contribution >= 0.6 is 22.9 Å². The lowest BCUT2D eigenvalue weighted by Crippen LogP contribution is -2.57. The summed E-state index contributed by atoms with van der Waals surface area (Å²) in [5.41, 5.74) is 0.144. The lowest BCUT2D eigenvalue weighted by Gasteiger charge is -2.51. The van der Waals surface area contributed by atoms with Crippen LogP contribution in [0.25, 0.3) is 0 Å². The topological polar surface area (TPSA) is 29.5 Å². The molecule has 0 atom stereocenters. The van der Waals surface area contributed by atoms with Gasteiger partial charge in [-0.3, -0.25) is 4.79 Å². The first-order chi connectivity index (χ1) is 6.65. The van der Waals surface area contributed by atoms with Crippen molar-refractivity contribution in [3.8, 4) is 0 Å². The first-order valence-electron chi connectivity index (χ1n) is 5.28. The van der Waals surface area contributed by atoms with E-state index in [1.807, 2.05) is 0 Å². The van der Waals surface area contributed by atoms with Crippen LogP contribution in [0.1, 0.15) is 47.5 Å². The minimum atomic E-state index is -0.173. The Balaban J connectivity index is 2.79. The smallest absolute Gasteiger partial charge is 0.302 e. The number of carbonyl (C=O) groups is 1. The number of halogens is 1. The van der Waals surface area contributed by atoms with E-state index in [0.29, 0.717) is 0 Å². The van der Waals surface area contributed by atoms with E-state index in [2.05, 4.69) is 53.7 Å². The fourth-order valence-electron chi connectivity index (χ4n) is 2.48. The summed E-state index contributed by atoms with van der Waals surface area (Å²) >= 11 is 2.38. The van der Waals surface area contributed by atoms with Gasteiger partial charge in [-0.1, -0.05) is 0 Å². The zero-order chi connectivity index (χ0) is 11.9. The number of ether oxygens (including phenoxy) is 1. The molecule has 0 N–H and O–H groups in total. The Morgan fingerprint density at radius 3 is 2.00 bits per heavy atom. The van der Waals surface area contributed by atoms with Crippen LogP contribution in [0.5, 0.6) is 0 Å². The van der Waals surface area contributed by atoms with E-state index in [9.17, 15) is 4.79 Å². The number of hydrogen-bond donors (Lipinski definition) is 0. The first kappa shape index (κ1) is 13.2. The maximum atomic E-state index is 11.0. The SMILES string of the molecule is CC(=O)OC1CC(C)(C)N(I)C(C)(C)C1. The number of rotatable bonds is 1. The summed E-state index contributed by atoms with van der Waals surface area (Å²) < 4.78 is 7.69. The van der Waals surface area contributed by atoms with Crippen molar-refractivity contribution in [2.45, 2.75) is 64.6 Å². The van der Waals surface area contributed by atoms with Crippen LogP contribution in [0.15, 0.2) is 0 Å². The Bertz CT molecular complexity index is 245. The summed E-state index contributed by atoms with van der Waals surface area (Å²) in [6.45, 7) is 10.2. The Labute approximate surface area is 106 Å². The molecule has 0 spiro atoms. The van der Waals surface area contributed by atoms with Crippen LogP contribution in [0.2, 0.25) is 0 Å². The second-order valence-corrected chi connectivity index (χ2v) is 6.51. The van der Waals surface area contributed by atoms with Gasteiger partial charge in [0.15, 0.2) is 0 Å². The van der Waals surface area contributed by atoms with Gasteiger partial charge in [0.05, 0.1) is 0 Å². The molecule has 0 saturated carbocycles. The van der Waals surface area contributed by atoms with Gasteiger partial charge in [0.25, 0.3) is 0 Å². The van der Waals surface area contributed by atoms with Gasteiger partial charge >= 0.3 is 5.97 Å². The number of carbonyl (C=O) groups excluding carboxylic acids is 1. The highest BCUT2D eigenvalue weighted by Crippen LogP contribution is 2.41. The molecule has 1 heterocycles. The molecular formula is C11H20INO2. The minimum Gasteiger partial charge on any atom is -0.462 e. The highest BCUT2D eigenvalue weighted by atomic mass is 127. The van der Waals surface area contributed by atoms with Gasteiger partial charge in [0.2, 0.25) is 0 Å². The Morgan fingerprint density at radius 2 is 1.67 bits per heavy atom. The zero-order valence-corrected chi connectivity index (χ0v) is 12.3. The molecule has 0 bridgehead atoms. The number of esters is 1. The van der Waals surface area contributed by atoms with Gasteiger partial charge in [0.1, 0.15) is 6.10 Å². The van der Waals surface area contributed by atoms with Gasteiger partial charge < -0.3 is 4.74 Å². The Morgan fingerprint density at radius 1 is 1.27 bits per heavy atom. The summed E-state index contributed by atoms with van der Waals surface area (Å²) in [5, 5.41) is 0. The van der Waals surface area contributed by atoms with E-state index in [1.165, 1.54) is 6.92 Å². The van der Waals surface area contributed by atoms with Crippen molar-refractivity contribution in [3.05, 3.63) is 0 Å². The molecule has 88 valence electrons. The van der Waals surface area contributed by atoms with E-state index >= 15 is 0 Å². The van der Waals surface area contributed by atoms with Crippen molar-refractivity contribution in [2.75, 3.05) is 0 Å². The summed E-state index contributed by atoms with van der Waals surface area (Å²) in [7, 11) is 0. The molecule has 0 aromatic rings. The van der Waals surface area contributed by atoms with Crippen LogP contribution in [0.4, 0.5) is 0 Å². The lowest BCUT2D eigenvalue weighted by atomic mass is 9.81. The van der Waals surface area contributed by atoms with Gasteiger partial charge in [-0.2, -0.15) is 0 Å². The molecule has 1 saturated heterocycles. The molecule has 0 aliphatic carbocycles. The van der Waals surface area contributed by atoms with E-state index in [1.54, 1.807) is 0 Å². The predicted octanol–water partition coefficient (Wildman–Crippen LogP) is 2.92. The molecule has 0 aromatic heterocycles. The van der Waals surface area contributed by atoms with Crippen molar-refractivity contribution in [1.29, 1.82) is 0 Å². The van der Waals surface area contributed by atoms with Gasteiger partial charge in [0, 0.05) is 53.7 Å². The third-order valence-electron chi connectivity index (χ3n) is 2.85. The molecule has 15 heavy (non-hydrogen) atoms. The normalized spacial score (nSPS) is 26.3. The lowest BCUT2D eigenvalue weighted by molar-refractivity contribution is -0.152. The molecule has 1 fully saturated rings. The summed E-state index contributed by atoms with van der Waals surface area (Å²) in [6.07, 6.45) is 1.86. The van der Waals surface area contributed by atoms with Crippen LogP contribution in [0, 0.1) is 0 Å². The first-order valence-corrected chi connectivity index (χ1v) is 6.25. The maximum absolute atomic E-state index is 11.0. The van der Waals surface area contributed by atoms with Crippen LogP contribution in [-0.4, -0.2) is 26.3 Å². The molecule has 3 nitrogen and oxygen atoms in total. The van der Waals surface area contributed by atoms with E-state index in [0.717, 1.165) is 12.8 Å². The molecular weight excluding hydrogens is 305 g/mol. The van der Waals surface area contributed by atoms with E-state index < -0.39 is 0 Å². The third-order valence-corrected chi connectivity index (χ3v) is 5.46. The van der Waals surface area contributed by atoms with Crippen molar-refractivity contribution in [3.63, 3.8) is 0 Å². The molecule has 0 aromatic carbocycles. The summed E-state index contributed by atoms with van der Waals surface area (Å²) in [5.74, 6) is -0.173. The standard InChI is InChI=1S/C11H20INO2/c1-8(14)15-9-6-10(2,3)13(12)11(4,5)7-9/h9H,6-7H2,1-5H3. The number of piperidine rings is 1. The molecule has 0 unspecified atom stereocenters. The average molecular weight is 325 g/mol. The zero-order valence-electron chi connectivity index (χ0n) is 10.1. The van der Waals surface area contributed by atoms with Crippen LogP contribution < -0.4 is 0 Å². The van der Waals surface area contributed by atoms with Gasteiger partial charge in [-0.15, -0.1) is 0 Å². The summed E-state index contributed by atoms with van der Waals surface area (Å²) in [4.78, 5) is 11.0. The molecule has 1 rings (SSSR count). The highest BCUT2D eigenvalue weighted by molar-refractivity contribution is 14.1. The van der Waals surface area contributed by atoms with Crippen molar-refractivity contribution in [2.24, 2.45) is 0 Å². The Hall–Kier alpha value is 0.160. The Kier molecular flexibility index (Phi) is 3.70. The van der Waals surface area contributed by atoms with Crippen molar-refractivity contribution >= 4 is 28.8 Å². The fourth-order valence-corrected chi connectivity index (χ4v) is 2.88. The monoisotopic (exact) mass is 325 g/mol. The minimum absolute atomic E-state index is 0.0542. The van der Waals surface area contributed by atoms with E-state index in [-0.39, 0.29) is 23.2 Å². The molecule has 0 amide bonds. The second kappa shape index (κ2) is 4.20. The van der Waals surface area contributed by atoms with Crippen LogP contribution in [0.3, 0.4) is 0 Å².